The number of nitrogens with zero attached hydrogens (tertiary/aromatic N) is 2. The van der Waals surface area contributed by atoms with Gasteiger partial charge in [0.25, 0.3) is 5.91 Å². The SMILES string of the molecule is Cc1ccc(NC(=O)c2ccnc(C(C)(C)O)c2)cc1-c1cnc(OCCO)c(NCCO)c1. The van der Waals surface area contributed by atoms with Crippen molar-refractivity contribution in [3.05, 3.63) is 65.6 Å². The van der Waals surface area contributed by atoms with Crippen molar-refractivity contribution in [2.45, 2.75) is 26.4 Å². The number of carbonyl (C=O) groups is 1. The largest absolute Gasteiger partial charge is 0.474 e. The lowest BCUT2D eigenvalue weighted by atomic mass is 10.0. The van der Waals surface area contributed by atoms with Gasteiger partial charge in [0, 0.05) is 35.8 Å². The molecule has 0 aliphatic carbocycles. The first-order valence-corrected chi connectivity index (χ1v) is 10.9. The second kappa shape index (κ2) is 11.1. The zero-order chi connectivity index (χ0) is 24.7. The van der Waals surface area contributed by atoms with E-state index in [1.165, 1.54) is 6.20 Å². The Labute approximate surface area is 198 Å². The molecule has 0 saturated carbocycles. The van der Waals surface area contributed by atoms with Crippen molar-refractivity contribution < 1.29 is 24.9 Å². The van der Waals surface area contributed by atoms with Crippen LogP contribution in [-0.4, -0.2) is 57.6 Å². The number of aryl methyl sites for hydroxylation is 1. The zero-order valence-electron chi connectivity index (χ0n) is 19.5. The van der Waals surface area contributed by atoms with E-state index >= 15 is 0 Å². The summed E-state index contributed by atoms with van der Waals surface area (Å²) in [6.45, 7) is 5.39. The molecule has 2 aromatic heterocycles. The molecule has 180 valence electrons. The number of aromatic nitrogens is 2. The molecule has 9 heteroatoms. The van der Waals surface area contributed by atoms with Gasteiger partial charge in [-0.3, -0.25) is 9.78 Å². The maximum Gasteiger partial charge on any atom is 0.255 e. The van der Waals surface area contributed by atoms with Crippen molar-refractivity contribution >= 4 is 17.3 Å². The highest BCUT2D eigenvalue weighted by atomic mass is 16.5. The number of nitrogens with one attached hydrogen (secondary N) is 2. The van der Waals surface area contributed by atoms with Crippen LogP contribution < -0.4 is 15.4 Å². The summed E-state index contributed by atoms with van der Waals surface area (Å²) in [6.07, 6.45) is 3.15. The number of benzene rings is 1. The van der Waals surface area contributed by atoms with Crippen molar-refractivity contribution in [1.82, 2.24) is 9.97 Å². The smallest absolute Gasteiger partial charge is 0.255 e. The Bertz CT molecular complexity index is 1140. The van der Waals surface area contributed by atoms with Crippen LogP contribution in [0.5, 0.6) is 5.88 Å². The van der Waals surface area contributed by atoms with E-state index in [1.807, 2.05) is 31.2 Å². The van der Waals surface area contributed by atoms with Gasteiger partial charge >= 0.3 is 0 Å². The quantitative estimate of drug-likeness (QED) is 0.308. The second-order valence-corrected chi connectivity index (χ2v) is 8.27. The van der Waals surface area contributed by atoms with Gasteiger partial charge in [-0.25, -0.2) is 4.98 Å². The van der Waals surface area contributed by atoms with Crippen LogP contribution in [0, 0.1) is 6.92 Å². The molecule has 0 saturated heterocycles. The van der Waals surface area contributed by atoms with Gasteiger partial charge in [-0.1, -0.05) is 6.07 Å². The van der Waals surface area contributed by atoms with Gasteiger partial charge in [-0.05, 0) is 62.2 Å². The molecule has 0 unspecified atom stereocenters. The molecule has 1 amide bonds. The number of pyridine rings is 2. The van der Waals surface area contributed by atoms with E-state index in [2.05, 4.69) is 20.6 Å². The maximum atomic E-state index is 12.8. The number of rotatable bonds is 10. The Kier molecular flexibility index (Phi) is 8.17. The highest BCUT2D eigenvalue weighted by Crippen LogP contribution is 2.32. The summed E-state index contributed by atoms with van der Waals surface area (Å²) in [5.41, 5.74) is 3.44. The van der Waals surface area contributed by atoms with Crippen molar-refractivity contribution in [3.8, 4) is 17.0 Å². The lowest BCUT2D eigenvalue weighted by molar-refractivity contribution is 0.0737. The number of carbonyl (C=O) groups excluding carboxylic acids is 1. The van der Waals surface area contributed by atoms with Gasteiger partial charge in [0.2, 0.25) is 5.88 Å². The molecule has 0 atom stereocenters. The number of hydrogen-bond acceptors (Lipinski definition) is 8. The van der Waals surface area contributed by atoms with Gasteiger partial charge < -0.3 is 30.7 Å². The van der Waals surface area contributed by atoms with E-state index in [1.54, 1.807) is 32.2 Å². The van der Waals surface area contributed by atoms with E-state index in [0.29, 0.717) is 35.1 Å². The summed E-state index contributed by atoms with van der Waals surface area (Å²) in [6, 6.07) is 10.6. The first-order chi connectivity index (χ1) is 16.2. The summed E-state index contributed by atoms with van der Waals surface area (Å²) in [5, 5.41) is 34.4. The van der Waals surface area contributed by atoms with Gasteiger partial charge in [0.15, 0.2) is 0 Å². The van der Waals surface area contributed by atoms with Gasteiger partial charge in [-0.2, -0.15) is 0 Å². The Morgan fingerprint density at radius 1 is 1.09 bits per heavy atom. The minimum atomic E-state index is -1.16. The molecule has 9 nitrogen and oxygen atoms in total. The Morgan fingerprint density at radius 3 is 2.59 bits per heavy atom. The minimum Gasteiger partial charge on any atom is -0.474 e. The molecule has 0 aliphatic rings. The van der Waals surface area contributed by atoms with Crippen molar-refractivity contribution in [2.24, 2.45) is 0 Å². The highest BCUT2D eigenvalue weighted by Gasteiger charge is 2.19. The highest BCUT2D eigenvalue weighted by molar-refractivity contribution is 6.04. The van der Waals surface area contributed by atoms with Crippen molar-refractivity contribution in [2.75, 3.05) is 37.0 Å². The molecule has 3 aromatic rings. The summed E-state index contributed by atoms with van der Waals surface area (Å²) in [7, 11) is 0. The van der Waals surface area contributed by atoms with Crippen LogP contribution in [-0.2, 0) is 5.60 Å². The molecule has 0 radical (unpaired) electrons. The predicted molar refractivity (Wildman–Crippen MR) is 130 cm³/mol. The number of hydrogen-bond donors (Lipinski definition) is 5. The lowest BCUT2D eigenvalue weighted by Crippen LogP contribution is -2.19. The number of aliphatic hydroxyl groups excluding tert-OH is 2. The summed E-state index contributed by atoms with van der Waals surface area (Å²) >= 11 is 0. The molecule has 0 fully saturated rings. The van der Waals surface area contributed by atoms with Gasteiger partial charge in [-0.15, -0.1) is 0 Å². The van der Waals surface area contributed by atoms with Gasteiger partial charge in [0.05, 0.1) is 24.6 Å². The molecule has 5 N–H and O–H groups in total. The van der Waals surface area contributed by atoms with Crippen LogP contribution >= 0.6 is 0 Å². The normalized spacial score (nSPS) is 11.2. The van der Waals surface area contributed by atoms with E-state index in [4.69, 9.17) is 9.84 Å². The third-order valence-electron chi connectivity index (χ3n) is 5.06. The fourth-order valence-electron chi connectivity index (χ4n) is 3.29. The first-order valence-electron chi connectivity index (χ1n) is 10.9. The topological polar surface area (TPSA) is 137 Å². The Hall–Kier alpha value is -3.53. The number of ether oxygens (including phenoxy) is 1. The molecular weight excluding hydrogens is 436 g/mol. The summed E-state index contributed by atoms with van der Waals surface area (Å²) in [4.78, 5) is 21.3. The monoisotopic (exact) mass is 466 g/mol. The molecule has 0 spiro atoms. The molecule has 0 aliphatic heterocycles. The fourth-order valence-corrected chi connectivity index (χ4v) is 3.29. The molecule has 1 aromatic carbocycles. The third-order valence-corrected chi connectivity index (χ3v) is 5.06. The first kappa shape index (κ1) is 25.1. The Morgan fingerprint density at radius 2 is 1.88 bits per heavy atom. The lowest BCUT2D eigenvalue weighted by Gasteiger charge is -2.17. The average Bonchev–Trinajstić information content (AvgIpc) is 2.82. The summed E-state index contributed by atoms with van der Waals surface area (Å²) in [5.74, 6) is 0.00698. The standard InChI is InChI=1S/C25H30N4O5/c1-16-4-5-19(29-23(32)17-6-7-27-22(13-17)25(2,3)33)14-20(16)18-12-21(26-8-9-30)24(28-15-18)34-11-10-31/h4-7,12-15,26,30-31,33H,8-11H2,1-3H3,(H,29,32). The van der Waals surface area contributed by atoms with E-state index in [-0.39, 0.29) is 25.7 Å². The number of aliphatic hydroxyl groups is 3. The zero-order valence-corrected chi connectivity index (χ0v) is 19.5. The third kappa shape index (κ3) is 6.28. The molecular formula is C25H30N4O5. The van der Waals surface area contributed by atoms with Crippen molar-refractivity contribution in [3.63, 3.8) is 0 Å². The number of anilines is 2. The predicted octanol–water partition coefficient (Wildman–Crippen LogP) is 2.71. The summed E-state index contributed by atoms with van der Waals surface area (Å²) < 4.78 is 5.48. The van der Waals surface area contributed by atoms with Crippen LogP contribution in [0.4, 0.5) is 11.4 Å². The number of amides is 1. The van der Waals surface area contributed by atoms with Crippen LogP contribution in [0.1, 0.15) is 35.5 Å². The van der Waals surface area contributed by atoms with Crippen LogP contribution in [0.25, 0.3) is 11.1 Å². The minimum absolute atomic E-state index is 0.0611. The van der Waals surface area contributed by atoms with Crippen LogP contribution in [0.2, 0.25) is 0 Å². The molecule has 3 rings (SSSR count). The van der Waals surface area contributed by atoms with E-state index in [9.17, 15) is 15.0 Å². The fraction of sp³-hybridized carbons (Fsp3) is 0.320. The Balaban J connectivity index is 1.88. The molecule has 0 bridgehead atoms. The van der Waals surface area contributed by atoms with Crippen LogP contribution in [0.15, 0.2) is 48.8 Å². The van der Waals surface area contributed by atoms with E-state index in [0.717, 1.165) is 16.7 Å². The maximum absolute atomic E-state index is 12.8. The van der Waals surface area contributed by atoms with Crippen LogP contribution in [0.3, 0.4) is 0 Å². The van der Waals surface area contributed by atoms with E-state index < -0.39 is 5.60 Å². The van der Waals surface area contributed by atoms with Crippen molar-refractivity contribution in [1.29, 1.82) is 0 Å². The second-order valence-electron chi connectivity index (χ2n) is 8.27. The molecule has 34 heavy (non-hydrogen) atoms. The van der Waals surface area contributed by atoms with Gasteiger partial charge in [0.1, 0.15) is 12.2 Å². The molecule has 2 heterocycles. The average molecular weight is 467 g/mol.